The number of hydrogen-bond acceptors (Lipinski definition) is 4. The Hall–Kier alpha value is -3.81. The van der Waals surface area contributed by atoms with Crippen molar-refractivity contribution in [3.05, 3.63) is 134 Å². The van der Waals surface area contributed by atoms with Crippen molar-refractivity contribution in [2.24, 2.45) is 5.92 Å². The van der Waals surface area contributed by atoms with Crippen LogP contribution in [0.15, 0.2) is 112 Å². The Kier molecular flexibility index (Phi) is 5.91. The van der Waals surface area contributed by atoms with Gasteiger partial charge in [-0.2, -0.15) is 0 Å². The monoisotopic (exact) mass is 652 g/mol. The number of nitrogens with one attached hydrogen (secondary N) is 1. The molecule has 0 saturated carbocycles. The second kappa shape index (κ2) is 9.39. The summed E-state index contributed by atoms with van der Waals surface area (Å²) in [6.45, 7) is 0. The third kappa shape index (κ3) is 3.54. The number of carbonyl (C=O) groups is 3. The number of anilines is 2. The number of hydrogen-bond donors (Lipinski definition) is 1. The molecule has 0 bridgehead atoms. The summed E-state index contributed by atoms with van der Waals surface area (Å²) in [5, 5.41) is 3.06. The maximum Gasteiger partial charge on any atom is 0.238 e. The number of halogens is 2. The number of fused-ring (bicyclic) bond motifs is 6. The van der Waals surface area contributed by atoms with E-state index in [0.717, 1.165) is 25.8 Å². The summed E-state index contributed by atoms with van der Waals surface area (Å²) in [7, 11) is 0. The minimum Gasteiger partial charge on any atom is -0.352 e. The molecule has 4 unspecified atom stereocenters. The van der Waals surface area contributed by atoms with Gasteiger partial charge in [-0.25, -0.2) is 0 Å². The molecular formula is C33H22Br2N2O3. The highest BCUT2D eigenvalue weighted by Gasteiger charge is 2.70. The number of rotatable bonds is 4. The Morgan fingerprint density at radius 1 is 0.750 bits per heavy atom. The predicted octanol–water partition coefficient (Wildman–Crippen LogP) is 7.07. The third-order valence-corrected chi connectivity index (χ3v) is 9.41. The molecule has 1 saturated heterocycles. The summed E-state index contributed by atoms with van der Waals surface area (Å²) in [5.41, 5.74) is 2.79. The molecule has 1 amide bonds. The number of para-hydroxylation sites is 2. The Bertz CT molecular complexity index is 1730. The van der Waals surface area contributed by atoms with Gasteiger partial charge in [0.05, 0.1) is 12.0 Å². The minimum absolute atomic E-state index is 0.202. The lowest BCUT2D eigenvalue weighted by Crippen LogP contribution is -2.51. The Morgan fingerprint density at radius 2 is 1.35 bits per heavy atom. The summed E-state index contributed by atoms with van der Waals surface area (Å²) >= 11 is 6.92. The molecule has 1 spiro atoms. The first-order valence-electron chi connectivity index (χ1n) is 13.0. The quantitative estimate of drug-likeness (QED) is 0.239. The highest BCUT2D eigenvalue weighted by Crippen LogP contribution is 2.58. The summed E-state index contributed by atoms with van der Waals surface area (Å²) in [6, 6.07) is 28.2. The van der Waals surface area contributed by atoms with Crippen molar-refractivity contribution in [1.29, 1.82) is 0 Å². The molecule has 5 nitrogen and oxygen atoms in total. The van der Waals surface area contributed by atoms with E-state index in [-0.39, 0.29) is 17.5 Å². The first-order chi connectivity index (χ1) is 19.4. The molecule has 1 fully saturated rings. The van der Waals surface area contributed by atoms with Gasteiger partial charge >= 0.3 is 0 Å². The van der Waals surface area contributed by atoms with Crippen LogP contribution in [-0.4, -0.2) is 29.6 Å². The summed E-state index contributed by atoms with van der Waals surface area (Å²) in [4.78, 5) is 45.7. The largest absolute Gasteiger partial charge is 0.352 e. The summed E-state index contributed by atoms with van der Waals surface area (Å²) in [6.07, 6.45) is 3.99. The zero-order valence-corrected chi connectivity index (χ0v) is 24.2. The van der Waals surface area contributed by atoms with E-state index in [1.54, 1.807) is 24.3 Å². The second-order valence-corrected chi connectivity index (χ2v) is 12.1. The van der Waals surface area contributed by atoms with Crippen molar-refractivity contribution >= 4 is 66.8 Å². The van der Waals surface area contributed by atoms with Gasteiger partial charge in [-0.1, -0.05) is 105 Å². The molecule has 7 heteroatoms. The fourth-order valence-electron chi connectivity index (χ4n) is 6.70. The maximum absolute atomic E-state index is 14.7. The molecule has 3 aliphatic heterocycles. The molecule has 0 aliphatic carbocycles. The molecule has 196 valence electrons. The third-order valence-electron chi connectivity index (χ3n) is 8.35. The highest BCUT2D eigenvalue weighted by atomic mass is 79.9. The maximum atomic E-state index is 14.7. The average molecular weight is 654 g/mol. The fourth-order valence-corrected chi connectivity index (χ4v) is 7.23. The molecule has 4 atom stereocenters. The number of nitrogens with zero attached hydrogens (tertiary/aromatic N) is 1. The normalized spacial score (nSPS) is 23.9. The van der Waals surface area contributed by atoms with E-state index in [4.69, 9.17) is 0 Å². The number of ketones is 2. The van der Waals surface area contributed by atoms with E-state index in [9.17, 15) is 14.4 Å². The molecule has 0 aromatic heterocycles. The number of carbonyl (C=O) groups excluding carboxylic acids is 3. The van der Waals surface area contributed by atoms with Gasteiger partial charge in [0.2, 0.25) is 5.91 Å². The lowest BCUT2D eigenvalue weighted by atomic mass is 9.64. The van der Waals surface area contributed by atoms with Crippen LogP contribution in [0.25, 0.3) is 6.08 Å². The van der Waals surface area contributed by atoms with Gasteiger partial charge in [-0.15, -0.1) is 0 Å². The number of Topliss-reactive ketones (excluding diaryl/α,β-unsaturated/α-hetero) is 2. The zero-order chi connectivity index (χ0) is 27.6. The Labute approximate surface area is 248 Å². The molecule has 1 N–H and O–H groups in total. The molecule has 0 radical (unpaired) electrons. The van der Waals surface area contributed by atoms with Gasteiger partial charge < -0.3 is 10.2 Å². The standard InChI is InChI=1S/C33H22Br2N2O3/c34-22-14-9-20(10-15-22)30(38)28-29(31(39)21-11-16-23(35)17-12-21)37-26-8-4-1-5-19(26)13-18-27(37)33(28)24-6-2-3-7-25(24)36-32(33)40/h1-18,27-29H,(H,36,40). The van der Waals surface area contributed by atoms with Gasteiger partial charge in [0.15, 0.2) is 11.6 Å². The van der Waals surface area contributed by atoms with E-state index < -0.39 is 23.4 Å². The van der Waals surface area contributed by atoms with Crippen molar-refractivity contribution in [2.75, 3.05) is 10.2 Å². The highest BCUT2D eigenvalue weighted by molar-refractivity contribution is 9.10. The van der Waals surface area contributed by atoms with Crippen molar-refractivity contribution < 1.29 is 14.4 Å². The second-order valence-electron chi connectivity index (χ2n) is 10.3. The molecule has 4 aromatic carbocycles. The average Bonchev–Trinajstić information content (AvgIpc) is 3.45. The van der Waals surface area contributed by atoms with E-state index in [1.807, 2.05) is 89.8 Å². The summed E-state index contributed by atoms with van der Waals surface area (Å²) in [5.74, 6) is -1.70. The van der Waals surface area contributed by atoms with E-state index in [2.05, 4.69) is 37.2 Å². The Morgan fingerprint density at radius 3 is 2.05 bits per heavy atom. The molecule has 3 heterocycles. The van der Waals surface area contributed by atoms with Gasteiger partial charge in [0.1, 0.15) is 11.5 Å². The SMILES string of the molecule is O=C(c1ccc(Br)cc1)C1C(C(=O)c2ccc(Br)cc2)C2(C(=O)Nc3ccccc32)C2C=Cc3ccccc3N12. The van der Waals surface area contributed by atoms with E-state index in [1.165, 1.54) is 0 Å². The van der Waals surface area contributed by atoms with Crippen LogP contribution in [0.5, 0.6) is 0 Å². The molecule has 4 aromatic rings. The van der Waals surface area contributed by atoms with Gasteiger partial charge in [-0.05, 0) is 47.5 Å². The summed E-state index contributed by atoms with van der Waals surface area (Å²) < 4.78 is 1.69. The van der Waals surface area contributed by atoms with Gasteiger partial charge in [0, 0.05) is 31.4 Å². The van der Waals surface area contributed by atoms with Crippen molar-refractivity contribution in [3.8, 4) is 0 Å². The van der Waals surface area contributed by atoms with E-state index in [0.29, 0.717) is 16.8 Å². The van der Waals surface area contributed by atoms with Crippen molar-refractivity contribution in [3.63, 3.8) is 0 Å². The predicted molar refractivity (Wildman–Crippen MR) is 163 cm³/mol. The minimum atomic E-state index is -1.32. The smallest absolute Gasteiger partial charge is 0.238 e. The van der Waals surface area contributed by atoms with Gasteiger partial charge in [-0.3, -0.25) is 14.4 Å². The van der Waals surface area contributed by atoms with Gasteiger partial charge in [0.25, 0.3) is 0 Å². The Balaban J connectivity index is 1.53. The number of benzene rings is 4. The fraction of sp³-hybridized carbons (Fsp3) is 0.121. The first-order valence-corrected chi connectivity index (χ1v) is 14.6. The van der Waals surface area contributed by atoms with Crippen LogP contribution in [0.1, 0.15) is 31.8 Å². The van der Waals surface area contributed by atoms with Crippen molar-refractivity contribution in [2.45, 2.75) is 17.5 Å². The topological polar surface area (TPSA) is 66.5 Å². The zero-order valence-electron chi connectivity index (χ0n) is 21.1. The molecular weight excluding hydrogens is 632 g/mol. The van der Waals surface area contributed by atoms with Crippen LogP contribution in [0.3, 0.4) is 0 Å². The van der Waals surface area contributed by atoms with Crippen molar-refractivity contribution in [1.82, 2.24) is 0 Å². The van der Waals surface area contributed by atoms with Crippen LogP contribution >= 0.6 is 31.9 Å². The van der Waals surface area contributed by atoms with Crippen LogP contribution < -0.4 is 10.2 Å². The lowest BCUT2D eigenvalue weighted by Gasteiger charge is -2.37. The van der Waals surface area contributed by atoms with Crippen LogP contribution in [0.4, 0.5) is 11.4 Å². The molecule has 40 heavy (non-hydrogen) atoms. The van der Waals surface area contributed by atoms with Crippen LogP contribution in [0, 0.1) is 5.92 Å². The number of amides is 1. The lowest BCUT2D eigenvalue weighted by molar-refractivity contribution is -0.121. The van der Waals surface area contributed by atoms with E-state index >= 15 is 0 Å². The molecule has 3 aliphatic rings. The molecule has 7 rings (SSSR count). The van der Waals surface area contributed by atoms with Crippen LogP contribution in [-0.2, 0) is 10.2 Å². The van der Waals surface area contributed by atoms with Crippen LogP contribution in [0.2, 0.25) is 0 Å². The first kappa shape index (κ1) is 25.2.